The summed E-state index contributed by atoms with van der Waals surface area (Å²) in [5.74, 6) is -1.80. The second-order valence-electron chi connectivity index (χ2n) is 8.96. The van der Waals surface area contributed by atoms with E-state index in [1.807, 2.05) is 5.32 Å². The van der Waals surface area contributed by atoms with E-state index in [1.165, 1.54) is 30.7 Å². The van der Waals surface area contributed by atoms with Crippen molar-refractivity contribution in [2.75, 3.05) is 0 Å². The zero-order chi connectivity index (χ0) is 24.3. The molecular formula is C24H27F3N4O3. The van der Waals surface area contributed by atoms with Crippen LogP contribution in [0.5, 0.6) is 0 Å². The van der Waals surface area contributed by atoms with Gasteiger partial charge in [0.15, 0.2) is 6.04 Å². The van der Waals surface area contributed by atoms with Gasteiger partial charge in [-0.1, -0.05) is 31.7 Å². The van der Waals surface area contributed by atoms with Crippen molar-refractivity contribution in [3.8, 4) is 0 Å². The molecule has 0 saturated heterocycles. The first-order valence-corrected chi connectivity index (χ1v) is 11.6. The van der Waals surface area contributed by atoms with Gasteiger partial charge in [0.25, 0.3) is 11.8 Å². The fraction of sp³-hybridized carbons (Fsp3) is 0.500. The van der Waals surface area contributed by atoms with Crippen LogP contribution in [0.15, 0.2) is 41.6 Å². The molecule has 34 heavy (non-hydrogen) atoms. The average molecular weight is 476 g/mol. The van der Waals surface area contributed by atoms with E-state index in [9.17, 15) is 27.6 Å². The molecule has 2 fully saturated rings. The van der Waals surface area contributed by atoms with Crippen LogP contribution in [-0.4, -0.2) is 33.6 Å². The molecule has 2 aliphatic rings. The summed E-state index contributed by atoms with van der Waals surface area (Å²) < 4.78 is 42.7. The number of aromatic nitrogens is 2. The fourth-order valence-corrected chi connectivity index (χ4v) is 4.27. The number of amides is 2. The predicted molar refractivity (Wildman–Crippen MR) is 118 cm³/mol. The predicted octanol–water partition coefficient (Wildman–Crippen LogP) is 4.06. The van der Waals surface area contributed by atoms with Crippen LogP contribution in [-0.2, 0) is 0 Å². The Morgan fingerprint density at radius 2 is 1.62 bits per heavy atom. The molecule has 2 aromatic rings. The number of alkyl halides is 3. The minimum absolute atomic E-state index is 0.00536. The lowest BCUT2D eigenvalue weighted by molar-refractivity contribution is -0.156. The van der Waals surface area contributed by atoms with Crippen molar-refractivity contribution in [2.24, 2.45) is 0 Å². The molecular weight excluding hydrogens is 449 g/mol. The molecule has 0 aromatic carbocycles. The van der Waals surface area contributed by atoms with E-state index in [1.54, 1.807) is 4.57 Å². The van der Waals surface area contributed by atoms with Gasteiger partial charge < -0.3 is 15.2 Å². The Bertz CT molecular complexity index is 1090. The average Bonchev–Trinajstić information content (AvgIpc) is 3.65. The van der Waals surface area contributed by atoms with Crippen LogP contribution in [0.25, 0.3) is 0 Å². The number of nitrogens with one attached hydrogen (secondary N) is 2. The lowest BCUT2D eigenvalue weighted by atomic mass is 10.1. The van der Waals surface area contributed by atoms with Crippen LogP contribution in [0.1, 0.15) is 89.9 Å². The normalized spacial score (nSPS) is 18.1. The van der Waals surface area contributed by atoms with E-state index >= 15 is 0 Å². The number of rotatable bonds is 6. The summed E-state index contributed by atoms with van der Waals surface area (Å²) in [6.07, 6.45) is 6.36. The molecule has 2 aliphatic carbocycles. The van der Waals surface area contributed by atoms with Gasteiger partial charge in [-0.05, 0) is 37.8 Å². The molecule has 0 radical (unpaired) electrons. The molecule has 7 nitrogen and oxygen atoms in total. The lowest BCUT2D eigenvalue weighted by Gasteiger charge is -2.21. The molecule has 2 saturated carbocycles. The monoisotopic (exact) mass is 476 g/mol. The maximum absolute atomic E-state index is 13.7. The van der Waals surface area contributed by atoms with Gasteiger partial charge in [-0.3, -0.25) is 19.4 Å². The van der Waals surface area contributed by atoms with Crippen LogP contribution in [0.2, 0.25) is 0 Å². The van der Waals surface area contributed by atoms with Crippen molar-refractivity contribution in [3.63, 3.8) is 0 Å². The van der Waals surface area contributed by atoms with Gasteiger partial charge in [0, 0.05) is 30.7 Å². The third-order valence-corrected chi connectivity index (χ3v) is 6.28. The van der Waals surface area contributed by atoms with Gasteiger partial charge in [0.1, 0.15) is 11.1 Å². The summed E-state index contributed by atoms with van der Waals surface area (Å²) in [6, 6.07) is 1.54. The number of halogens is 3. The first-order valence-electron chi connectivity index (χ1n) is 11.6. The Morgan fingerprint density at radius 3 is 2.18 bits per heavy atom. The van der Waals surface area contributed by atoms with Crippen molar-refractivity contribution < 1.29 is 22.8 Å². The standard InChI is InChI=1S/C24H27F3N4O3/c25-24(26,27)21(19-9-5-6-12-28-19)30-23(34)18-14-31(16-10-11-16)13-17(20(18)32)22(33)29-15-7-3-1-2-4-8-15/h5-6,9,12-16,21H,1-4,7-8,10-11H2,(H,29,33)(H,30,34)/t21-/m1/s1. The van der Waals surface area contributed by atoms with E-state index in [2.05, 4.69) is 10.3 Å². The van der Waals surface area contributed by atoms with Gasteiger partial charge in [-0.15, -0.1) is 0 Å². The summed E-state index contributed by atoms with van der Waals surface area (Å²) in [7, 11) is 0. The summed E-state index contributed by atoms with van der Waals surface area (Å²) in [5, 5.41) is 4.79. The molecule has 0 unspecified atom stereocenters. The zero-order valence-corrected chi connectivity index (χ0v) is 18.6. The molecule has 2 N–H and O–H groups in total. The van der Waals surface area contributed by atoms with Crippen LogP contribution < -0.4 is 16.1 Å². The Hall–Kier alpha value is -3.17. The number of hydrogen-bond acceptors (Lipinski definition) is 4. The van der Waals surface area contributed by atoms with E-state index in [0.717, 1.165) is 57.4 Å². The molecule has 2 amide bonds. The minimum Gasteiger partial charge on any atom is -0.349 e. The smallest absolute Gasteiger partial charge is 0.349 e. The maximum atomic E-state index is 13.7. The Morgan fingerprint density at radius 1 is 0.971 bits per heavy atom. The highest BCUT2D eigenvalue weighted by atomic mass is 19.4. The number of nitrogens with zero attached hydrogens (tertiary/aromatic N) is 2. The SMILES string of the molecule is O=C(NC1CCCCCC1)c1cn(C2CC2)cc(C(=O)N[C@H](c2ccccn2)C(F)(F)F)c1=O. The third-order valence-electron chi connectivity index (χ3n) is 6.28. The Kier molecular flexibility index (Phi) is 7.04. The first-order chi connectivity index (χ1) is 16.2. The van der Waals surface area contributed by atoms with Crippen molar-refractivity contribution in [1.82, 2.24) is 20.2 Å². The summed E-state index contributed by atoms with van der Waals surface area (Å²) in [6.45, 7) is 0. The van der Waals surface area contributed by atoms with Gasteiger partial charge >= 0.3 is 6.18 Å². The molecule has 1 atom stereocenters. The van der Waals surface area contributed by atoms with Crippen molar-refractivity contribution >= 4 is 11.8 Å². The van der Waals surface area contributed by atoms with E-state index < -0.39 is 40.7 Å². The Balaban J connectivity index is 1.63. The topological polar surface area (TPSA) is 93.1 Å². The Labute approximate surface area is 194 Å². The van der Waals surface area contributed by atoms with Gasteiger partial charge in [-0.2, -0.15) is 13.2 Å². The zero-order valence-electron chi connectivity index (χ0n) is 18.6. The molecule has 0 spiro atoms. The second-order valence-corrected chi connectivity index (χ2v) is 8.96. The van der Waals surface area contributed by atoms with Crippen LogP contribution in [0, 0.1) is 0 Å². The highest BCUT2D eigenvalue weighted by molar-refractivity contribution is 5.99. The van der Waals surface area contributed by atoms with Crippen LogP contribution in [0.3, 0.4) is 0 Å². The van der Waals surface area contributed by atoms with E-state index in [-0.39, 0.29) is 17.6 Å². The summed E-state index contributed by atoms with van der Waals surface area (Å²) in [5.41, 5.74) is -2.01. The molecule has 4 rings (SSSR count). The summed E-state index contributed by atoms with van der Waals surface area (Å²) in [4.78, 5) is 42.7. The van der Waals surface area contributed by atoms with Crippen molar-refractivity contribution in [2.45, 2.75) is 75.7 Å². The largest absolute Gasteiger partial charge is 0.414 e. The van der Waals surface area contributed by atoms with Gasteiger partial charge in [0.2, 0.25) is 5.43 Å². The number of hydrogen-bond donors (Lipinski definition) is 2. The van der Waals surface area contributed by atoms with Crippen LogP contribution >= 0.6 is 0 Å². The quantitative estimate of drug-likeness (QED) is 0.615. The highest BCUT2D eigenvalue weighted by Gasteiger charge is 2.43. The number of carbonyl (C=O) groups excluding carboxylic acids is 2. The first kappa shape index (κ1) is 24.0. The molecule has 0 bridgehead atoms. The van der Waals surface area contributed by atoms with Gasteiger partial charge in [0.05, 0.1) is 5.69 Å². The lowest BCUT2D eigenvalue weighted by Crippen LogP contribution is -2.42. The molecule has 182 valence electrons. The molecule has 10 heteroatoms. The third kappa shape index (κ3) is 5.66. The van der Waals surface area contributed by atoms with E-state index in [4.69, 9.17) is 0 Å². The molecule has 2 aromatic heterocycles. The van der Waals surface area contributed by atoms with E-state index in [0.29, 0.717) is 0 Å². The maximum Gasteiger partial charge on any atom is 0.414 e. The molecule has 0 aliphatic heterocycles. The summed E-state index contributed by atoms with van der Waals surface area (Å²) >= 11 is 0. The van der Waals surface area contributed by atoms with Crippen molar-refractivity contribution in [1.29, 1.82) is 0 Å². The van der Waals surface area contributed by atoms with Crippen molar-refractivity contribution in [3.05, 3.63) is 63.8 Å². The van der Waals surface area contributed by atoms with Gasteiger partial charge in [-0.25, -0.2) is 0 Å². The second kappa shape index (κ2) is 9.99. The minimum atomic E-state index is -4.83. The molecule has 2 heterocycles. The van der Waals surface area contributed by atoms with Crippen LogP contribution in [0.4, 0.5) is 13.2 Å². The fourth-order valence-electron chi connectivity index (χ4n) is 4.27. The number of carbonyl (C=O) groups is 2. The number of pyridine rings is 2. The highest BCUT2D eigenvalue weighted by Crippen LogP contribution is 2.35.